The third-order valence-electron chi connectivity index (χ3n) is 6.10. The molecule has 2 aliphatic rings. The second kappa shape index (κ2) is 6.31. The van der Waals surface area contributed by atoms with Gasteiger partial charge in [0, 0.05) is 41.2 Å². The molecule has 2 nitrogen and oxygen atoms in total. The zero-order chi connectivity index (χ0) is 18.7. The van der Waals surface area contributed by atoms with Crippen LogP contribution in [0.4, 0.5) is 0 Å². The number of hydrogen-bond acceptors (Lipinski definition) is 1. The average molecular weight is 395 g/mol. The normalized spacial score (nSPS) is 21.2. The van der Waals surface area contributed by atoms with E-state index in [2.05, 4.69) is 53.6 Å². The number of aryl methyl sites for hydroxylation is 1. The summed E-state index contributed by atoms with van der Waals surface area (Å²) in [7, 11) is 2.27. The number of hydrogen-bond donors (Lipinski definition) is 0. The summed E-state index contributed by atoms with van der Waals surface area (Å²) < 4.78 is 2.21. The van der Waals surface area contributed by atoms with Crippen LogP contribution in [0.1, 0.15) is 41.3 Å². The Morgan fingerprint density at radius 1 is 1.04 bits per heavy atom. The first kappa shape index (κ1) is 17.2. The van der Waals surface area contributed by atoms with Gasteiger partial charge in [-0.25, -0.2) is 0 Å². The molecule has 0 radical (unpaired) electrons. The van der Waals surface area contributed by atoms with Crippen molar-refractivity contribution in [3.8, 4) is 12.0 Å². The highest BCUT2D eigenvalue weighted by Gasteiger charge is 2.40. The largest absolute Gasteiger partial charge is 0.296 e. The van der Waals surface area contributed by atoms with Crippen molar-refractivity contribution in [2.45, 2.75) is 38.3 Å². The van der Waals surface area contributed by atoms with Crippen molar-refractivity contribution in [1.29, 1.82) is 0 Å². The van der Waals surface area contributed by atoms with Gasteiger partial charge >= 0.3 is 0 Å². The molecule has 4 heteroatoms. The van der Waals surface area contributed by atoms with Crippen LogP contribution in [0.2, 0.25) is 10.0 Å². The van der Waals surface area contributed by atoms with Gasteiger partial charge in [0.1, 0.15) is 0 Å². The van der Waals surface area contributed by atoms with Gasteiger partial charge in [-0.3, -0.25) is 9.47 Å². The average Bonchev–Trinajstić information content (AvgIpc) is 3.06. The van der Waals surface area contributed by atoms with Crippen molar-refractivity contribution in [2.24, 2.45) is 0 Å². The minimum atomic E-state index is 0.510. The maximum absolute atomic E-state index is 6.15. The van der Waals surface area contributed by atoms with Crippen LogP contribution in [0.15, 0.2) is 36.4 Å². The van der Waals surface area contributed by atoms with E-state index in [1.807, 2.05) is 12.1 Å². The number of rotatable bonds is 0. The molecule has 2 bridgehead atoms. The van der Waals surface area contributed by atoms with Crippen LogP contribution >= 0.6 is 23.2 Å². The first-order chi connectivity index (χ1) is 13.0. The number of nitrogens with zero attached hydrogens (tertiary/aromatic N) is 2. The SMILES string of the molecule is Cc1ccc2c(c1)c1c(n2C#Cc2ccc(Cl)c(Cl)c2)CC2CCC1N2C. The van der Waals surface area contributed by atoms with Crippen molar-refractivity contribution in [1.82, 2.24) is 9.47 Å². The first-order valence-corrected chi connectivity index (χ1v) is 10.1. The van der Waals surface area contributed by atoms with Gasteiger partial charge in [-0.05, 0) is 68.6 Å². The molecule has 3 aromatic rings. The maximum Gasteiger partial charge on any atom is 0.0618 e. The molecule has 1 fully saturated rings. The van der Waals surface area contributed by atoms with Gasteiger partial charge in [0.05, 0.1) is 15.6 Å². The molecule has 2 unspecified atom stereocenters. The van der Waals surface area contributed by atoms with Gasteiger partial charge in [-0.15, -0.1) is 0 Å². The van der Waals surface area contributed by atoms with Crippen molar-refractivity contribution in [3.05, 3.63) is 68.8 Å². The highest BCUT2D eigenvalue weighted by molar-refractivity contribution is 6.42. The summed E-state index contributed by atoms with van der Waals surface area (Å²) in [5.74, 6) is 3.29. The summed E-state index contributed by atoms with van der Waals surface area (Å²) in [6, 6.07) is 16.8. The quantitative estimate of drug-likeness (QED) is 0.437. The third-order valence-corrected chi connectivity index (χ3v) is 6.84. The summed E-state index contributed by atoms with van der Waals surface area (Å²) in [5, 5.41) is 2.45. The van der Waals surface area contributed by atoms with Gasteiger partial charge in [0.15, 0.2) is 0 Å². The lowest BCUT2D eigenvalue weighted by Gasteiger charge is -2.31. The van der Waals surface area contributed by atoms with E-state index in [4.69, 9.17) is 23.2 Å². The Kier molecular flexibility index (Phi) is 4.02. The molecule has 1 aromatic heterocycles. The van der Waals surface area contributed by atoms with Crippen LogP contribution in [0, 0.1) is 18.9 Å². The first-order valence-electron chi connectivity index (χ1n) is 9.36. The lowest BCUT2D eigenvalue weighted by molar-refractivity contribution is 0.223. The van der Waals surface area contributed by atoms with Crippen LogP contribution in [0.5, 0.6) is 0 Å². The number of fused-ring (bicyclic) bond motifs is 6. The number of benzene rings is 2. The van der Waals surface area contributed by atoms with Crippen molar-refractivity contribution in [2.75, 3.05) is 7.05 Å². The lowest BCUT2D eigenvalue weighted by atomic mass is 9.97. The zero-order valence-electron chi connectivity index (χ0n) is 15.4. The fraction of sp³-hybridized carbons (Fsp3) is 0.304. The summed E-state index contributed by atoms with van der Waals surface area (Å²) in [6.45, 7) is 2.16. The Balaban J connectivity index is 1.71. The zero-order valence-corrected chi connectivity index (χ0v) is 16.9. The fourth-order valence-electron chi connectivity index (χ4n) is 4.71. The van der Waals surface area contributed by atoms with Crippen LogP contribution in [-0.2, 0) is 6.42 Å². The molecular formula is C23H20Cl2N2. The minimum Gasteiger partial charge on any atom is -0.296 e. The summed E-state index contributed by atoms with van der Waals surface area (Å²) in [4.78, 5) is 2.56. The van der Waals surface area contributed by atoms with Crippen LogP contribution in [0.25, 0.3) is 10.9 Å². The van der Waals surface area contributed by atoms with E-state index in [0.29, 0.717) is 22.1 Å². The molecule has 3 heterocycles. The van der Waals surface area contributed by atoms with Gasteiger partial charge in [0.2, 0.25) is 0 Å². The van der Waals surface area contributed by atoms with Crippen LogP contribution in [0.3, 0.4) is 0 Å². The summed E-state index contributed by atoms with van der Waals surface area (Å²) in [5.41, 5.74) is 6.24. The molecule has 136 valence electrons. The smallest absolute Gasteiger partial charge is 0.0618 e. The van der Waals surface area contributed by atoms with E-state index in [-0.39, 0.29) is 0 Å². The second-order valence-electron chi connectivity index (χ2n) is 7.70. The van der Waals surface area contributed by atoms with Crippen LogP contribution in [-0.4, -0.2) is 22.6 Å². The predicted octanol–water partition coefficient (Wildman–Crippen LogP) is 5.81. The summed E-state index contributed by atoms with van der Waals surface area (Å²) in [6.07, 6.45) is 3.57. The standard InChI is InChI=1S/C23H20Cl2N2/c1-14-3-7-20-17(11-14)23-21-8-5-16(26(21)2)13-22(23)27(20)10-9-15-4-6-18(24)19(25)12-15/h3-4,6-7,11-12,16,21H,5,8,13H2,1-2H3. The van der Waals surface area contributed by atoms with E-state index in [0.717, 1.165) is 12.0 Å². The van der Waals surface area contributed by atoms with Crippen molar-refractivity contribution >= 4 is 34.1 Å². The molecule has 0 amide bonds. The van der Waals surface area contributed by atoms with E-state index >= 15 is 0 Å². The molecule has 0 saturated carbocycles. The monoisotopic (exact) mass is 394 g/mol. The second-order valence-corrected chi connectivity index (χ2v) is 8.51. The van der Waals surface area contributed by atoms with Crippen molar-refractivity contribution in [3.63, 3.8) is 0 Å². The Bertz CT molecular complexity index is 1130. The van der Waals surface area contributed by atoms with E-state index in [1.54, 1.807) is 6.07 Å². The van der Waals surface area contributed by atoms with Gasteiger partial charge in [0.25, 0.3) is 0 Å². The molecule has 27 heavy (non-hydrogen) atoms. The Hall–Kier alpha value is -1.92. The van der Waals surface area contributed by atoms with E-state index in [1.165, 1.54) is 40.6 Å². The van der Waals surface area contributed by atoms with Gasteiger partial charge in [-0.2, -0.15) is 0 Å². The molecule has 0 spiro atoms. The Labute approximate surface area is 169 Å². The Morgan fingerprint density at radius 3 is 2.70 bits per heavy atom. The number of halogens is 2. The molecule has 0 aliphatic carbocycles. The highest BCUT2D eigenvalue weighted by atomic mass is 35.5. The van der Waals surface area contributed by atoms with Crippen LogP contribution < -0.4 is 0 Å². The molecular weight excluding hydrogens is 375 g/mol. The maximum atomic E-state index is 6.15. The number of likely N-dealkylation sites (N-methyl/N-ethyl adjacent to an activating group) is 1. The van der Waals surface area contributed by atoms with Gasteiger partial charge in [-0.1, -0.05) is 34.8 Å². The topological polar surface area (TPSA) is 8.17 Å². The molecule has 0 N–H and O–H groups in total. The molecule has 1 saturated heterocycles. The Morgan fingerprint density at radius 2 is 1.89 bits per heavy atom. The lowest BCUT2D eigenvalue weighted by Crippen LogP contribution is -2.34. The molecule has 2 aliphatic heterocycles. The van der Waals surface area contributed by atoms with Crippen molar-refractivity contribution < 1.29 is 0 Å². The predicted molar refractivity (Wildman–Crippen MR) is 113 cm³/mol. The fourth-order valence-corrected chi connectivity index (χ4v) is 5.00. The number of aromatic nitrogens is 1. The third kappa shape index (κ3) is 2.69. The molecule has 2 atom stereocenters. The highest BCUT2D eigenvalue weighted by Crippen LogP contribution is 2.46. The molecule has 2 aromatic carbocycles. The molecule has 5 rings (SSSR count). The minimum absolute atomic E-state index is 0.510. The van der Waals surface area contributed by atoms with E-state index < -0.39 is 0 Å². The van der Waals surface area contributed by atoms with E-state index in [9.17, 15) is 0 Å². The summed E-state index contributed by atoms with van der Waals surface area (Å²) >= 11 is 12.2. The van der Waals surface area contributed by atoms with Gasteiger partial charge < -0.3 is 0 Å².